The molecule has 0 atom stereocenters. The van der Waals surface area contributed by atoms with Crippen LogP contribution >= 0.6 is 15.9 Å². The van der Waals surface area contributed by atoms with Crippen LogP contribution in [-0.4, -0.2) is 0 Å². The number of halogens is 1. The Morgan fingerprint density at radius 3 is 2.70 bits per heavy atom. The molecule has 2 aromatic carbocycles. The first-order valence-electron chi connectivity index (χ1n) is 6.63. The van der Waals surface area contributed by atoms with Crippen molar-refractivity contribution in [3.05, 3.63) is 63.8 Å². The highest BCUT2D eigenvalue weighted by Gasteiger charge is 2.10. The van der Waals surface area contributed by atoms with Gasteiger partial charge in [0.2, 0.25) is 0 Å². The molecule has 0 saturated carbocycles. The van der Waals surface area contributed by atoms with Crippen LogP contribution in [0.4, 0.5) is 5.69 Å². The Labute approximate surface area is 126 Å². The molecule has 1 heterocycles. The molecule has 3 rings (SSSR count). The first-order chi connectivity index (χ1) is 9.66. The fourth-order valence-corrected chi connectivity index (χ4v) is 2.79. The lowest BCUT2D eigenvalue weighted by Crippen LogP contribution is -2.01. The zero-order valence-electron chi connectivity index (χ0n) is 11.5. The maximum absolute atomic E-state index is 5.79. The second-order valence-corrected chi connectivity index (χ2v) is 5.75. The molecule has 0 amide bonds. The van der Waals surface area contributed by atoms with Crippen molar-refractivity contribution in [1.82, 2.24) is 0 Å². The van der Waals surface area contributed by atoms with Crippen molar-refractivity contribution in [1.29, 1.82) is 0 Å². The van der Waals surface area contributed by atoms with E-state index in [0.717, 1.165) is 28.0 Å². The minimum absolute atomic E-state index is 0.764. The lowest BCUT2D eigenvalue weighted by molar-refractivity contribution is 0.573. The summed E-state index contributed by atoms with van der Waals surface area (Å²) in [6.07, 6.45) is 0. The van der Waals surface area contributed by atoms with Gasteiger partial charge in [-0.2, -0.15) is 0 Å². The lowest BCUT2D eigenvalue weighted by atomic mass is 10.1. The predicted molar refractivity (Wildman–Crippen MR) is 87.2 cm³/mol. The fourth-order valence-electron chi connectivity index (χ4n) is 2.42. The molecule has 0 bridgehead atoms. The third kappa shape index (κ3) is 2.34. The van der Waals surface area contributed by atoms with Gasteiger partial charge in [0.1, 0.15) is 11.3 Å². The summed E-state index contributed by atoms with van der Waals surface area (Å²) in [4.78, 5) is 0. The predicted octanol–water partition coefficient (Wildman–Crippen LogP) is 5.42. The number of fused-ring (bicyclic) bond motifs is 1. The largest absolute Gasteiger partial charge is 0.461 e. The normalized spacial score (nSPS) is 10.9. The van der Waals surface area contributed by atoms with Crippen molar-refractivity contribution in [3.8, 4) is 0 Å². The van der Waals surface area contributed by atoms with Crippen LogP contribution in [0.1, 0.15) is 16.9 Å². The van der Waals surface area contributed by atoms with Crippen LogP contribution in [0.25, 0.3) is 11.0 Å². The second kappa shape index (κ2) is 5.33. The molecular weight excluding hydrogens is 314 g/mol. The molecule has 0 aliphatic carbocycles. The summed E-state index contributed by atoms with van der Waals surface area (Å²) in [5.74, 6) is 0.978. The quantitative estimate of drug-likeness (QED) is 0.693. The van der Waals surface area contributed by atoms with Crippen LogP contribution in [0.3, 0.4) is 0 Å². The van der Waals surface area contributed by atoms with Gasteiger partial charge in [-0.15, -0.1) is 0 Å². The summed E-state index contributed by atoms with van der Waals surface area (Å²) >= 11 is 3.56. The van der Waals surface area contributed by atoms with Crippen molar-refractivity contribution >= 4 is 32.6 Å². The summed E-state index contributed by atoms with van der Waals surface area (Å²) in [7, 11) is 0. The Kier molecular flexibility index (Phi) is 3.53. The van der Waals surface area contributed by atoms with Gasteiger partial charge in [0.15, 0.2) is 0 Å². The van der Waals surface area contributed by atoms with E-state index in [1.54, 1.807) is 0 Å². The van der Waals surface area contributed by atoms with Crippen molar-refractivity contribution in [2.75, 3.05) is 5.32 Å². The number of anilines is 1. The van der Waals surface area contributed by atoms with Crippen LogP contribution in [0.2, 0.25) is 0 Å². The molecule has 0 saturated heterocycles. The Balaban J connectivity index is 1.90. The molecule has 2 nitrogen and oxygen atoms in total. The molecule has 0 fully saturated rings. The smallest absolute Gasteiger partial charge is 0.134 e. The SMILES string of the molecule is Cc1oc2ccccc2c1CNc1cccc(Br)c1C. The summed E-state index contributed by atoms with van der Waals surface area (Å²) in [6, 6.07) is 14.4. The first kappa shape index (κ1) is 13.3. The van der Waals surface area contributed by atoms with Crippen molar-refractivity contribution in [2.45, 2.75) is 20.4 Å². The summed E-state index contributed by atoms with van der Waals surface area (Å²) < 4.78 is 6.91. The van der Waals surface area contributed by atoms with E-state index in [1.165, 1.54) is 16.5 Å². The minimum atomic E-state index is 0.764. The van der Waals surface area contributed by atoms with Gasteiger partial charge in [-0.25, -0.2) is 0 Å². The zero-order chi connectivity index (χ0) is 14.1. The number of para-hydroxylation sites is 1. The van der Waals surface area contributed by atoms with Crippen LogP contribution < -0.4 is 5.32 Å². The molecule has 0 aliphatic heterocycles. The van der Waals surface area contributed by atoms with Gasteiger partial charge in [-0.05, 0) is 37.6 Å². The number of rotatable bonds is 3. The Bertz CT molecular complexity index is 761. The van der Waals surface area contributed by atoms with Gasteiger partial charge >= 0.3 is 0 Å². The number of benzene rings is 2. The molecule has 0 aliphatic rings. The number of furan rings is 1. The molecular formula is C17H16BrNO. The van der Waals surface area contributed by atoms with E-state index in [4.69, 9.17) is 4.42 Å². The topological polar surface area (TPSA) is 25.2 Å². The zero-order valence-corrected chi connectivity index (χ0v) is 13.1. The lowest BCUT2D eigenvalue weighted by Gasteiger charge is -2.10. The molecule has 1 aromatic heterocycles. The van der Waals surface area contributed by atoms with E-state index in [0.29, 0.717) is 0 Å². The molecule has 3 heteroatoms. The van der Waals surface area contributed by atoms with Gasteiger partial charge in [-0.3, -0.25) is 0 Å². The Morgan fingerprint density at radius 2 is 1.85 bits per heavy atom. The van der Waals surface area contributed by atoms with Gasteiger partial charge in [0.05, 0.1) is 0 Å². The highest BCUT2D eigenvalue weighted by molar-refractivity contribution is 9.10. The number of nitrogens with one attached hydrogen (secondary N) is 1. The van der Waals surface area contributed by atoms with Crippen LogP contribution in [0.5, 0.6) is 0 Å². The van der Waals surface area contributed by atoms with Crippen LogP contribution in [0, 0.1) is 13.8 Å². The van der Waals surface area contributed by atoms with E-state index in [2.05, 4.69) is 46.4 Å². The van der Waals surface area contributed by atoms with E-state index >= 15 is 0 Å². The van der Waals surface area contributed by atoms with E-state index in [-0.39, 0.29) is 0 Å². The first-order valence-corrected chi connectivity index (χ1v) is 7.42. The highest BCUT2D eigenvalue weighted by Crippen LogP contribution is 2.28. The van der Waals surface area contributed by atoms with Crippen molar-refractivity contribution in [2.24, 2.45) is 0 Å². The minimum Gasteiger partial charge on any atom is -0.461 e. The van der Waals surface area contributed by atoms with Crippen molar-refractivity contribution in [3.63, 3.8) is 0 Å². The maximum Gasteiger partial charge on any atom is 0.134 e. The van der Waals surface area contributed by atoms with Gasteiger partial charge in [0.25, 0.3) is 0 Å². The van der Waals surface area contributed by atoms with Crippen molar-refractivity contribution < 1.29 is 4.42 Å². The molecule has 0 unspecified atom stereocenters. The third-order valence-corrected chi connectivity index (χ3v) is 4.48. The van der Waals surface area contributed by atoms with E-state index in [1.807, 2.05) is 31.2 Å². The van der Waals surface area contributed by atoms with E-state index < -0.39 is 0 Å². The van der Waals surface area contributed by atoms with Gasteiger partial charge in [-0.1, -0.05) is 40.2 Å². The second-order valence-electron chi connectivity index (χ2n) is 4.90. The van der Waals surface area contributed by atoms with Gasteiger partial charge in [0, 0.05) is 27.7 Å². The highest BCUT2D eigenvalue weighted by atomic mass is 79.9. The standard InChI is InChI=1S/C17H16BrNO/c1-11-15(18)7-5-8-16(11)19-10-14-12(2)20-17-9-4-3-6-13(14)17/h3-9,19H,10H2,1-2H3. The fraction of sp³-hybridized carbons (Fsp3) is 0.176. The van der Waals surface area contributed by atoms with Gasteiger partial charge < -0.3 is 9.73 Å². The monoisotopic (exact) mass is 329 g/mol. The van der Waals surface area contributed by atoms with Crippen LogP contribution in [-0.2, 0) is 6.54 Å². The molecule has 0 spiro atoms. The van der Waals surface area contributed by atoms with E-state index in [9.17, 15) is 0 Å². The number of hydrogen-bond acceptors (Lipinski definition) is 2. The van der Waals surface area contributed by atoms with Crippen LogP contribution in [0.15, 0.2) is 51.4 Å². The Morgan fingerprint density at radius 1 is 1.05 bits per heavy atom. The molecule has 0 radical (unpaired) electrons. The molecule has 1 N–H and O–H groups in total. The number of aryl methyl sites for hydroxylation is 1. The number of hydrogen-bond donors (Lipinski definition) is 1. The maximum atomic E-state index is 5.79. The molecule has 3 aromatic rings. The average Bonchev–Trinajstić information content (AvgIpc) is 2.76. The Hall–Kier alpha value is -1.74. The summed E-state index contributed by atoms with van der Waals surface area (Å²) in [6.45, 7) is 4.89. The molecule has 20 heavy (non-hydrogen) atoms. The summed E-state index contributed by atoms with van der Waals surface area (Å²) in [5.41, 5.74) is 4.54. The average molecular weight is 330 g/mol. The third-order valence-electron chi connectivity index (χ3n) is 3.62. The molecule has 102 valence electrons. The summed E-state index contributed by atoms with van der Waals surface area (Å²) in [5, 5.41) is 4.68.